The van der Waals surface area contributed by atoms with Crippen LogP contribution in [0.2, 0.25) is 0 Å². The number of H-pyrrole nitrogens is 1. The molecule has 1 N–H and O–H groups in total. The van der Waals surface area contributed by atoms with Gasteiger partial charge in [-0.3, -0.25) is 0 Å². The largest absolute Gasteiger partial charge is 0.493 e. The van der Waals surface area contributed by atoms with Gasteiger partial charge in [0.25, 0.3) is 0 Å². The zero-order chi connectivity index (χ0) is 18.1. The van der Waals surface area contributed by atoms with Crippen LogP contribution in [0.5, 0.6) is 11.5 Å². The number of hydrogen-bond donors (Lipinski definition) is 1. The van der Waals surface area contributed by atoms with Gasteiger partial charge in [0.15, 0.2) is 11.5 Å². The van der Waals surface area contributed by atoms with Crippen molar-refractivity contribution in [2.45, 2.75) is 6.92 Å². The Labute approximate surface area is 152 Å². The summed E-state index contributed by atoms with van der Waals surface area (Å²) in [5.74, 6) is 2.31. The summed E-state index contributed by atoms with van der Waals surface area (Å²) in [5, 5.41) is 0. The summed E-state index contributed by atoms with van der Waals surface area (Å²) in [6.07, 6.45) is 0. The van der Waals surface area contributed by atoms with E-state index in [4.69, 9.17) is 14.5 Å². The van der Waals surface area contributed by atoms with Crippen LogP contribution in [0.4, 0.5) is 0 Å². The van der Waals surface area contributed by atoms with Crippen LogP contribution in [0.15, 0.2) is 60.7 Å². The van der Waals surface area contributed by atoms with Gasteiger partial charge < -0.3 is 14.5 Å². The van der Waals surface area contributed by atoms with Crippen LogP contribution in [0.25, 0.3) is 33.5 Å². The minimum absolute atomic E-state index is 0.717. The van der Waals surface area contributed by atoms with Crippen LogP contribution in [-0.2, 0) is 0 Å². The number of aromatic nitrogens is 2. The van der Waals surface area contributed by atoms with E-state index in [1.54, 1.807) is 14.2 Å². The molecule has 0 atom stereocenters. The Morgan fingerprint density at radius 2 is 1.54 bits per heavy atom. The van der Waals surface area contributed by atoms with Gasteiger partial charge in [-0.1, -0.05) is 30.3 Å². The highest BCUT2D eigenvalue weighted by molar-refractivity contribution is 5.81. The number of rotatable bonds is 4. The van der Waals surface area contributed by atoms with Crippen molar-refractivity contribution in [1.29, 1.82) is 0 Å². The Kier molecular flexibility index (Phi) is 4.09. The van der Waals surface area contributed by atoms with E-state index < -0.39 is 0 Å². The van der Waals surface area contributed by atoms with Crippen molar-refractivity contribution in [1.82, 2.24) is 9.97 Å². The van der Waals surface area contributed by atoms with E-state index in [0.29, 0.717) is 0 Å². The van der Waals surface area contributed by atoms with Gasteiger partial charge in [-0.15, -0.1) is 0 Å². The second kappa shape index (κ2) is 6.56. The highest BCUT2D eigenvalue weighted by atomic mass is 16.5. The molecule has 0 unspecified atom stereocenters. The maximum Gasteiger partial charge on any atom is 0.161 e. The summed E-state index contributed by atoms with van der Waals surface area (Å²) in [6.45, 7) is 2.08. The standard InChI is InChI=1S/C22H20N2O2/c1-14-7-9-18-19(11-14)24-22(23-18)17-6-4-5-15(12-17)16-8-10-20(25-2)21(13-16)26-3/h4-13H,1-3H3,(H,23,24). The normalized spacial score (nSPS) is 10.9. The Morgan fingerprint density at radius 3 is 2.35 bits per heavy atom. The maximum atomic E-state index is 5.42. The number of ether oxygens (including phenoxy) is 2. The minimum atomic E-state index is 0.717. The lowest BCUT2D eigenvalue weighted by atomic mass is 10.0. The van der Waals surface area contributed by atoms with E-state index in [1.165, 1.54) is 5.56 Å². The lowest BCUT2D eigenvalue weighted by Gasteiger charge is -2.10. The number of aryl methyl sites for hydroxylation is 1. The van der Waals surface area contributed by atoms with E-state index >= 15 is 0 Å². The van der Waals surface area contributed by atoms with Crippen molar-refractivity contribution in [3.63, 3.8) is 0 Å². The van der Waals surface area contributed by atoms with Gasteiger partial charge >= 0.3 is 0 Å². The Balaban J connectivity index is 1.76. The van der Waals surface area contributed by atoms with Crippen molar-refractivity contribution in [2.75, 3.05) is 14.2 Å². The topological polar surface area (TPSA) is 47.1 Å². The average molecular weight is 344 g/mol. The quantitative estimate of drug-likeness (QED) is 0.552. The van der Waals surface area contributed by atoms with E-state index in [1.807, 2.05) is 30.3 Å². The van der Waals surface area contributed by atoms with Crippen LogP contribution >= 0.6 is 0 Å². The number of hydrogen-bond acceptors (Lipinski definition) is 3. The molecule has 4 heteroatoms. The zero-order valence-electron chi connectivity index (χ0n) is 15.0. The Bertz CT molecular complexity index is 1080. The number of nitrogens with zero attached hydrogens (tertiary/aromatic N) is 1. The molecule has 4 aromatic rings. The lowest BCUT2D eigenvalue weighted by Crippen LogP contribution is -1.91. The van der Waals surface area contributed by atoms with E-state index in [9.17, 15) is 0 Å². The zero-order valence-corrected chi connectivity index (χ0v) is 15.0. The second-order valence-corrected chi connectivity index (χ2v) is 6.26. The number of imidazole rings is 1. The van der Waals surface area contributed by atoms with Gasteiger partial charge in [0.05, 0.1) is 25.3 Å². The molecule has 1 aromatic heterocycles. The van der Waals surface area contributed by atoms with Crippen LogP contribution in [0.3, 0.4) is 0 Å². The van der Waals surface area contributed by atoms with Crippen molar-refractivity contribution < 1.29 is 9.47 Å². The fourth-order valence-electron chi connectivity index (χ4n) is 3.12. The average Bonchev–Trinajstić information content (AvgIpc) is 3.10. The summed E-state index contributed by atoms with van der Waals surface area (Å²) in [7, 11) is 3.29. The molecule has 0 aliphatic carbocycles. The molecule has 26 heavy (non-hydrogen) atoms. The summed E-state index contributed by atoms with van der Waals surface area (Å²) < 4.78 is 10.7. The van der Waals surface area contributed by atoms with Crippen LogP contribution in [0.1, 0.15) is 5.56 Å². The van der Waals surface area contributed by atoms with Gasteiger partial charge in [-0.25, -0.2) is 4.98 Å². The lowest BCUT2D eigenvalue weighted by molar-refractivity contribution is 0.355. The monoisotopic (exact) mass is 344 g/mol. The van der Waals surface area contributed by atoms with Crippen molar-refractivity contribution >= 4 is 11.0 Å². The fraction of sp³-hybridized carbons (Fsp3) is 0.136. The van der Waals surface area contributed by atoms with Gasteiger partial charge in [0.1, 0.15) is 5.82 Å². The molecule has 0 saturated heterocycles. The van der Waals surface area contributed by atoms with E-state index in [2.05, 4.69) is 42.2 Å². The van der Waals surface area contributed by atoms with Crippen molar-refractivity contribution in [3.8, 4) is 34.0 Å². The van der Waals surface area contributed by atoms with Crippen LogP contribution < -0.4 is 9.47 Å². The maximum absolute atomic E-state index is 5.42. The number of fused-ring (bicyclic) bond motifs is 1. The van der Waals surface area contributed by atoms with Crippen molar-refractivity contribution in [2.24, 2.45) is 0 Å². The molecule has 0 aliphatic rings. The first-order valence-electron chi connectivity index (χ1n) is 8.47. The molecule has 4 nitrogen and oxygen atoms in total. The first-order chi connectivity index (χ1) is 12.7. The van der Waals surface area contributed by atoms with Gasteiger partial charge in [0, 0.05) is 5.56 Å². The second-order valence-electron chi connectivity index (χ2n) is 6.26. The van der Waals surface area contributed by atoms with Gasteiger partial charge in [-0.05, 0) is 53.9 Å². The summed E-state index contributed by atoms with van der Waals surface area (Å²) in [6, 6.07) is 20.5. The third-order valence-electron chi connectivity index (χ3n) is 4.49. The molecule has 0 amide bonds. The SMILES string of the molecule is COc1ccc(-c2cccc(-c3nc4ccc(C)cc4[nH]3)c2)cc1OC. The smallest absolute Gasteiger partial charge is 0.161 e. The molecule has 0 saturated carbocycles. The predicted octanol–water partition coefficient (Wildman–Crippen LogP) is 5.22. The minimum Gasteiger partial charge on any atom is -0.493 e. The molecule has 0 radical (unpaired) electrons. The van der Waals surface area contributed by atoms with Crippen LogP contribution in [-0.4, -0.2) is 24.2 Å². The fourth-order valence-corrected chi connectivity index (χ4v) is 3.12. The number of nitrogens with one attached hydrogen (secondary N) is 1. The summed E-state index contributed by atoms with van der Waals surface area (Å²) in [5.41, 5.74) is 6.45. The molecule has 1 heterocycles. The van der Waals surface area contributed by atoms with E-state index in [-0.39, 0.29) is 0 Å². The number of aromatic amines is 1. The molecule has 3 aromatic carbocycles. The molecule has 0 spiro atoms. The molecule has 0 aliphatic heterocycles. The first-order valence-corrected chi connectivity index (χ1v) is 8.47. The Morgan fingerprint density at radius 1 is 0.769 bits per heavy atom. The number of methoxy groups -OCH3 is 2. The Hall–Kier alpha value is -3.27. The molecular weight excluding hydrogens is 324 g/mol. The van der Waals surface area contributed by atoms with Crippen LogP contribution in [0, 0.1) is 6.92 Å². The third-order valence-corrected chi connectivity index (χ3v) is 4.49. The highest BCUT2D eigenvalue weighted by Crippen LogP contribution is 2.33. The van der Waals surface area contributed by atoms with Gasteiger partial charge in [0.2, 0.25) is 0 Å². The predicted molar refractivity (Wildman–Crippen MR) is 105 cm³/mol. The third kappa shape index (κ3) is 2.90. The number of benzene rings is 3. The van der Waals surface area contributed by atoms with E-state index in [0.717, 1.165) is 45.0 Å². The van der Waals surface area contributed by atoms with Gasteiger partial charge in [-0.2, -0.15) is 0 Å². The van der Waals surface area contributed by atoms with Crippen molar-refractivity contribution in [3.05, 3.63) is 66.2 Å². The highest BCUT2D eigenvalue weighted by Gasteiger charge is 2.09. The molecule has 0 bridgehead atoms. The first kappa shape index (κ1) is 16.2. The molecule has 0 fully saturated rings. The summed E-state index contributed by atoms with van der Waals surface area (Å²) in [4.78, 5) is 8.14. The molecular formula is C22H20N2O2. The summed E-state index contributed by atoms with van der Waals surface area (Å²) >= 11 is 0. The molecule has 130 valence electrons. The molecule has 4 rings (SSSR count).